The first-order valence-corrected chi connectivity index (χ1v) is 8.97. The minimum absolute atomic E-state index is 0.133. The molecule has 1 atom stereocenters. The number of aromatic nitrogens is 2. The van der Waals surface area contributed by atoms with Gasteiger partial charge in [0.15, 0.2) is 6.17 Å². The van der Waals surface area contributed by atoms with Crippen LogP contribution in [-0.2, 0) is 0 Å². The topological polar surface area (TPSA) is 72.9 Å². The van der Waals surface area contributed by atoms with Crippen LogP contribution < -0.4 is 21.2 Å². The highest BCUT2D eigenvalue weighted by Gasteiger charge is 2.29. The molecular formula is C20H19ClN5O+. The van der Waals surface area contributed by atoms with E-state index in [-0.39, 0.29) is 5.56 Å². The quantitative estimate of drug-likeness (QED) is 0.636. The normalized spacial score (nSPS) is 15.5. The number of anilines is 2. The molecule has 1 aliphatic heterocycles. The number of rotatable bonds is 2. The summed E-state index contributed by atoms with van der Waals surface area (Å²) in [6.45, 7) is 3.84. The van der Waals surface area contributed by atoms with Gasteiger partial charge in [0.25, 0.3) is 11.5 Å². The summed E-state index contributed by atoms with van der Waals surface area (Å²) in [5, 5.41) is 7.13. The average molecular weight is 381 g/mol. The summed E-state index contributed by atoms with van der Waals surface area (Å²) in [6, 6.07) is 17.0. The Morgan fingerprint density at radius 2 is 1.81 bits per heavy atom. The van der Waals surface area contributed by atoms with Crippen LogP contribution in [0.3, 0.4) is 0 Å². The molecule has 1 aliphatic rings. The molecule has 0 aliphatic carbocycles. The van der Waals surface area contributed by atoms with Crippen LogP contribution in [0.25, 0.3) is 0 Å². The third-order valence-corrected chi connectivity index (χ3v) is 4.61. The molecule has 0 spiro atoms. The predicted octanol–water partition coefficient (Wildman–Crippen LogP) is 2.03. The highest BCUT2D eigenvalue weighted by molar-refractivity contribution is 6.30. The van der Waals surface area contributed by atoms with Crippen molar-refractivity contribution in [1.29, 1.82) is 0 Å². The maximum atomic E-state index is 12.6. The Morgan fingerprint density at radius 3 is 2.52 bits per heavy atom. The Labute approximate surface area is 161 Å². The Kier molecular flexibility index (Phi) is 4.41. The first-order valence-electron chi connectivity index (χ1n) is 8.59. The molecule has 6 nitrogen and oxygen atoms in total. The van der Waals surface area contributed by atoms with Crippen LogP contribution in [-0.4, -0.2) is 15.5 Å². The van der Waals surface area contributed by atoms with Crippen molar-refractivity contribution in [1.82, 2.24) is 9.55 Å². The van der Waals surface area contributed by atoms with Crippen molar-refractivity contribution in [3.8, 4) is 0 Å². The van der Waals surface area contributed by atoms with Gasteiger partial charge < -0.3 is 0 Å². The molecule has 0 saturated carbocycles. The molecule has 0 amide bonds. The fraction of sp³-hybridized carbons (Fsp3) is 0.150. The molecular weight excluding hydrogens is 362 g/mol. The zero-order valence-electron chi connectivity index (χ0n) is 15.0. The first-order chi connectivity index (χ1) is 13.0. The summed E-state index contributed by atoms with van der Waals surface area (Å²) in [7, 11) is 0. The van der Waals surface area contributed by atoms with Crippen LogP contribution >= 0.6 is 11.6 Å². The number of aryl methyl sites for hydroxylation is 2. The highest BCUT2D eigenvalue weighted by Crippen LogP contribution is 2.19. The smallest absolute Gasteiger partial charge is 0.269 e. The summed E-state index contributed by atoms with van der Waals surface area (Å²) in [4.78, 5) is 20.5. The van der Waals surface area contributed by atoms with Crippen molar-refractivity contribution >= 4 is 29.2 Å². The zero-order valence-corrected chi connectivity index (χ0v) is 15.7. The van der Waals surface area contributed by atoms with E-state index in [1.54, 1.807) is 23.6 Å². The van der Waals surface area contributed by atoms with E-state index in [1.165, 1.54) is 11.6 Å². The van der Waals surface area contributed by atoms with E-state index in [0.29, 0.717) is 22.6 Å². The average Bonchev–Trinajstić information content (AvgIpc) is 2.63. The van der Waals surface area contributed by atoms with Crippen LogP contribution in [0.4, 0.5) is 11.6 Å². The van der Waals surface area contributed by atoms with Gasteiger partial charge in [-0.15, -0.1) is 0 Å². The molecule has 0 bridgehead atoms. The van der Waals surface area contributed by atoms with Gasteiger partial charge in [0.1, 0.15) is 0 Å². The molecule has 0 saturated heterocycles. The molecule has 0 radical (unpaired) electrons. The third kappa shape index (κ3) is 3.57. The molecule has 0 unspecified atom stereocenters. The lowest BCUT2D eigenvalue weighted by Crippen LogP contribution is -2.82. The lowest BCUT2D eigenvalue weighted by molar-refractivity contribution is -0.520. The standard InChI is InChI=1S/C20H18ClN5O/c1-12-3-9-16(10-4-12)23-19-24-18(14-5-7-15(21)8-6-14)26-17(27)11-13(2)22-20(26)25-19/h3-11,18H,1-2H3,(H2,22,23,24,25)/p+1/t18-/m0/s1. The fourth-order valence-corrected chi connectivity index (χ4v) is 3.14. The molecule has 27 heavy (non-hydrogen) atoms. The molecule has 2 heterocycles. The number of hydrogen-bond donors (Lipinski definition) is 3. The Bertz CT molecular complexity index is 1070. The van der Waals surface area contributed by atoms with Gasteiger partial charge in [-0.1, -0.05) is 41.4 Å². The SMILES string of the molecule is Cc1ccc(NC2=[NH+][C@H](c3ccc(Cl)cc3)n3c(nc(C)cc3=O)N2)cc1. The number of halogens is 1. The van der Waals surface area contributed by atoms with Gasteiger partial charge in [-0.2, -0.15) is 0 Å². The summed E-state index contributed by atoms with van der Waals surface area (Å²) >= 11 is 6.02. The van der Waals surface area contributed by atoms with Crippen LogP contribution in [0.5, 0.6) is 0 Å². The lowest BCUT2D eigenvalue weighted by atomic mass is 10.1. The summed E-state index contributed by atoms with van der Waals surface area (Å²) in [5.74, 6) is 1.13. The molecule has 0 fully saturated rings. The summed E-state index contributed by atoms with van der Waals surface area (Å²) in [5.41, 5.74) is 3.53. The van der Waals surface area contributed by atoms with Gasteiger partial charge in [0.2, 0.25) is 0 Å². The maximum Gasteiger partial charge on any atom is 0.357 e. The molecule has 1 aromatic heterocycles. The monoisotopic (exact) mass is 380 g/mol. The Balaban J connectivity index is 1.78. The van der Waals surface area contributed by atoms with Crippen LogP contribution in [0, 0.1) is 13.8 Å². The van der Waals surface area contributed by atoms with E-state index in [2.05, 4.69) is 20.6 Å². The van der Waals surface area contributed by atoms with Gasteiger partial charge in [-0.25, -0.2) is 20.2 Å². The van der Waals surface area contributed by atoms with E-state index in [4.69, 9.17) is 11.6 Å². The van der Waals surface area contributed by atoms with Gasteiger partial charge in [0, 0.05) is 22.3 Å². The van der Waals surface area contributed by atoms with Crippen LogP contribution in [0.15, 0.2) is 59.4 Å². The van der Waals surface area contributed by atoms with Crippen molar-refractivity contribution in [2.24, 2.45) is 0 Å². The van der Waals surface area contributed by atoms with Gasteiger partial charge in [-0.05, 0) is 38.1 Å². The minimum Gasteiger partial charge on any atom is -0.269 e. The second-order valence-corrected chi connectivity index (χ2v) is 6.96. The van der Waals surface area contributed by atoms with E-state index < -0.39 is 6.17 Å². The number of nitrogens with zero attached hydrogens (tertiary/aromatic N) is 2. The Morgan fingerprint density at radius 1 is 1.11 bits per heavy atom. The summed E-state index contributed by atoms with van der Waals surface area (Å²) in [6.07, 6.45) is -0.410. The molecule has 136 valence electrons. The number of fused-ring (bicyclic) bond motifs is 1. The van der Waals surface area contributed by atoms with Gasteiger partial charge in [0.05, 0.1) is 5.69 Å². The van der Waals surface area contributed by atoms with E-state index in [0.717, 1.165) is 11.3 Å². The number of benzene rings is 2. The van der Waals surface area contributed by atoms with Crippen LogP contribution in [0.2, 0.25) is 5.02 Å². The van der Waals surface area contributed by atoms with Crippen LogP contribution in [0.1, 0.15) is 23.0 Å². The summed E-state index contributed by atoms with van der Waals surface area (Å²) < 4.78 is 1.59. The number of nitrogens with one attached hydrogen (secondary N) is 3. The second-order valence-electron chi connectivity index (χ2n) is 6.52. The van der Waals surface area contributed by atoms with E-state index in [9.17, 15) is 4.79 Å². The predicted molar refractivity (Wildman–Crippen MR) is 107 cm³/mol. The lowest BCUT2D eigenvalue weighted by Gasteiger charge is -2.23. The van der Waals surface area contributed by atoms with Crippen molar-refractivity contribution < 1.29 is 4.99 Å². The highest BCUT2D eigenvalue weighted by atomic mass is 35.5. The van der Waals surface area contributed by atoms with Gasteiger partial charge in [-0.3, -0.25) is 9.79 Å². The van der Waals surface area contributed by atoms with E-state index >= 15 is 0 Å². The van der Waals surface area contributed by atoms with Crippen molar-refractivity contribution in [2.75, 3.05) is 10.6 Å². The maximum absolute atomic E-state index is 12.6. The molecule has 2 aromatic carbocycles. The largest absolute Gasteiger partial charge is 0.357 e. The molecule has 3 N–H and O–H groups in total. The first kappa shape index (κ1) is 17.3. The molecule has 3 aromatic rings. The molecule has 7 heteroatoms. The van der Waals surface area contributed by atoms with Crippen molar-refractivity contribution in [3.05, 3.63) is 86.8 Å². The van der Waals surface area contributed by atoms with Crippen molar-refractivity contribution in [3.63, 3.8) is 0 Å². The second kappa shape index (κ2) is 6.89. The van der Waals surface area contributed by atoms with Crippen molar-refractivity contribution in [2.45, 2.75) is 20.0 Å². The molecule has 4 rings (SSSR count). The zero-order chi connectivity index (χ0) is 19.0. The number of hydrogen-bond acceptors (Lipinski definition) is 4. The van der Waals surface area contributed by atoms with Gasteiger partial charge >= 0.3 is 5.96 Å². The van der Waals surface area contributed by atoms with E-state index in [1.807, 2.05) is 43.3 Å². The minimum atomic E-state index is -0.410. The third-order valence-electron chi connectivity index (χ3n) is 4.36. The Hall–Kier alpha value is -3.12. The number of guanidine groups is 1. The fourth-order valence-electron chi connectivity index (χ4n) is 3.02.